The molecular weight excluding hydrogens is 363 g/mol. The Hall–Kier alpha value is -1.77. The van der Waals surface area contributed by atoms with Gasteiger partial charge >= 0.3 is 0 Å². The predicted molar refractivity (Wildman–Crippen MR) is 108 cm³/mol. The Labute approximate surface area is 165 Å². The van der Waals surface area contributed by atoms with Gasteiger partial charge in [-0.25, -0.2) is 9.13 Å². The van der Waals surface area contributed by atoms with Crippen molar-refractivity contribution in [3.8, 4) is 11.3 Å². The molecule has 4 heteroatoms. The second-order valence-corrected chi connectivity index (χ2v) is 7.82. The van der Waals surface area contributed by atoms with Gasteiger partial charge in [0, 0.05) is 27.6 Å². The first-order valence-corrected chi connectivity index (χ1v) is 10.1. The summed E-state index contributed by atoms with van der Waals surface area (Å²) in [4.78, 5) is 0. The van der Waals surface area contributed by atoms with Gasteiger partial charge < -0.3 is 0 Å². The lowest BCUT2D eigenvalue weighted by molar-refractivity contribution is -0.695. The van der Waals surface area contributed by atoms with Crippen LogP contribution in [0.3, 0.4) is 0 Å². The van der Waals surface area contributed by atoms with Gasteiger partial charge in [0.1, 0.15) is 12.7 Å². The minimum absolute atomic E-state index is 0.681. The van der Waals surface area contributed by atoms with Gasteiger partial charge in [0.25, 0.3) is 5.82 Å². The molecule has 0 radical (unpaired) electrons. The van der Waals surface area contributed by atoms with E-state index < -0.39 is 0 Å². The zero-order valence-electron chi connectivity index (χ0n) is 14.8. The summed E-state index contributed by atoms with van der Waals surface area (Å²) in [6.45, 7) is 1.86. The van der Waals surface area contributed by atoms with E-state index in [-0.39, 0.29) is 0 Å². The molecule has 0 atom stereocenters. The van der Waals surface area contributed by atoms with Crippen molar-refractivity contribution in [2.45, 2.75) is 45.2 Å². The molecule has 0 amide bonds. The zero-order chi connectivity index (χ0) is 17.9. The van der Waals surface area contributed by atoms with Crippen molar-refractivity contribution in [3.05, 3.63) is 76.2 Å². The van der Waals surface area contributed by atoms with E-state index in [1.807, 2.05) is 18.2 Å². The summed E-state index contributed by atoms with van der Waals surface area (Å²) in [5, 5.41) is 1.41. The number of nitrogens with zero attached hydrogens (tertiary/aromatic N) is 2. The summed E-state index contributed by atoms with van der Waals surface area (Å²) in [6, 6.07) is 16.5. The lowest BCUT2D eigenvalue weighted by Crippen LogP contribution is -2.38. The van der Waals surface area contributed by atoms with E-state index >= 15 is 0 Å². The number of hydrogen-bond acceptors (Lipinski definition) is 0. The maximum Gasteiger partial charge on any atom is 0.257 e. The Morgan fingerprint density at radius 3 is 2.54 bits per heavy atom. The molecule has 0 fully saturated rings. The van der Waals surface area contributed by atoms with Gasteiger partial charge in [-0.2, -0.15) is 0 Å². The van der Waals surface area contributed by atoms with Gasteiger partial charge in [-0.15, -0.1) is 0 Å². The number of imidazole rings is 1. The fourth-order valence-electron chi connectivity index (χ4n) is 3.83. The maximum atomic E-state index is 6.44. The average Bonchev–Trinajstić information content (AvgIpc) is 2.94. The Bertz CT molecular complexity index is 900. The van der Waals surface area contributed by atoms with Crippen LogP contribution in [0.5, 0.6) is 0 Å². The van der Waals surface area contributed by atoms with Gasteiger partial charge in [-0.3, -0.25) is 0 Å². The quantitative estimate of drug-likeness (QED) is 0.495. The van der Waals surface area contributed by atoms with E-state index in [9.17, 15) is 0 Å². The van der Waals surface area contributed by atoms with Crippen LogP contribution in [-0.2, 0) is 19.5 Å². The van der Waals surface area contributed by atoms with E-state index in [4.69, 9.17) is 23.2 Å². The molecule has 134 valence electrons. The highest BCUT2D eigenvalue weighted by atomic mass is 35.5. The molecule has 0 N–H and O–H groups in total. The molecule has 2 nitrogen and oxygen atoms in total. The topological polar surface area (TPSA) is 8.81 Å². The van der Waals surface area contributed by atoms with Crippen molar-refractivity contribution in [3.63, 3.8) is 0 Å². The van der Waals surface area contributed by atoms with Crippen LogP contribution in [0, 0.1) is 0 Å². The predicted octanol–water partition coefficient (Wildman–Crippen LogP) is 5.91. The highest BCUT2D eigenvalue weighted by Crippen LogP contribution is 2.25. The molecule has 26 heavy (non-hydrogen) atoms. The van der Waals surface area contributed by atoms with Gasteiger partial charge in [-0.1, -0.05) is 66.0 Å². The lowest BCUT2D eigenvalue weighted by atomic mass is 10.1. The summed E-state index contributed by atoms with van der Waals surface area (Å²) < 4.78 is 4.89. The van der Waals surface area contributed by atoms with Crippen molar-refractivity contribution in [2.75, 3.05) is 0 Å². The number of halogens is 2. The molecule has 0 saturated carbocycles. The number of aromatic nitrogens is 2. The highest BCUT2D eigenvalue weighted by molar-refractivity contribution is 6.35. The minimum atomic E-state index is 0.681. The van der Waals surface area contributed by atoms with Crippen molar-refractivity contribution in [1.82, 2.24) is 4.57 Å². The first-order chi connectivity index (χ1) is 12.7. The van der Waals surface area contributed by atoms with Crippen LogP contribution in [0.4, 0.5) is 0 Å². The Morgan fingerprint density at radius 2 is 1.73 bits per heavy atom. The number of benzene rings is 2. The molecule has 2 heterocycles. The van der Waals surface area contributed by atoms with Gasteiger partial charge in [-0.05, 0) is 31.4 Å². The summed E-state index contributed by atoms with van der Waals surface area (Å²) in [7, 11) is 0. The SMILES string of the molecule is Clc1ccc(C[n+]2cc(-c3ccccc3)n3c2CCCCCC3)c(Cl)c1. The summed E-state index contributed by atoms with van der Waals surface area (Å²) in [6.07, 6.45) is 8.51. The maximum absolute atomic E-state index is 6.44. The fraction of sp³-hybridized carbons (Fsp3) is 0.318. The Kier molecular flexibility index (Phi) is 5.33. The fourth-order valence-corrected chi connectivity index (χ4v) is 4.30. The van der Waals surface area contributed by atoms with Gasteiger partial charge in [0.2, 0.25) is 0 Å². The van der Waals surface area contributed by atoms with Crippen LogP contribution in [0.1, 0.15) is 37.1 Å². The summed E-state index contributed by atoms with van der Waals surface area (Å²) in [5.74, 6) is 1.40. The van der Waals surface area contributed by atoms with Crippen molar-refractivity contribution < 1.29 is 4.57 Å². The van der Waals surface area contributed by atoms with Gasteiger partial charge in [0.05, 0.1) is 6.54 Å². The molecule has 0 saturated heterocycles. The largest absolute Gasteiger partial charge is 0.257 e. The van der Waals surface area contributed by atoms with E-state index in [2.05, 4.69) is 45.7 Å². The van der Waals surface area contributed by atoms with Crippen molar-refractivity contribution in [2.24, 2.45) is 0 Å². The summed E-state index contributed by atoms with van der Waals surface area (Å²) >= 11 is 12.5. The van der Waals surface area contributed by atoms with Crippen LogP contribution in [0.2, 0.25) is 10.0 Å². The van der Waals surface area contributed by atoms with E-state index in [1.54, 1.807) is 0 Å². The molecule has 0 aliphatic carbocycles. The molecule has 0 unspecified atom stereocenters. The Morgan fingerprint density at radius 1 is 0.923 bits per heavy atom. The van der Waals surface area contributed by atoms with Crippen LogP contribution >= 0.6 is 23.2 Å². The van der Waals surface area contributed by atoms with E-state index in [0.29, 0.717) is 5.02 Å². The third-order valence-electron chi connectivity index (χ3n) is 5.17. The molecule has 0 spiro atoms. The van der Waals surface area contributed by atoms with Crippen molar-refractivity contribution in [1.29, 1.82) is 0 Å². The first-order valence-electron chi connectivity index (χ1n) is 9.33. The Balaban J connectivity index is 1.78. The lowest BCUT2D eigenvalue weighted by Gasteiger charge is -2.11. The molecule has 2 aromatic carbocycles. The normalized spacial score (nSPS) is 14.5. The number of rotatable bonds is 3. The molecule has 3 aromatic rings. The standard InChI is InChI=1S/C22H23Cl2N2/c23-19-12-11-18(20(24)14-19)15-25-16-21(17-8-4-3-5-9-17)26-13-7-2-1-6-10-22(25)26/h3-5,8-9,11-12,14,16H,1-2,6-7,10,13,15H2/q+1. The zero-order valence-corrected chi connectivity index (χ0v) is 16.3. The second kappa shape index (κ2) is 7.85. The van der Waals surface area contributed by atoms with Crippen LogP contribution < -0.4 is 4.57 Å². The molecule has 1 aromatic heterocycles. The molecule has 1 aliphatic rings. The third kappa shape index (κ3) is 3.67. The summed E-state index contributed by atoms with van der Waals surface area (Å²) in [5.41, 5.74) is 3.68. The van der Waals surface area contributed by atoms with Crippen LogP contribution in [0.15, 0.2) is 54.7 Å². The molecular formula is C22H23Cl2N2+. The van der Waals surface area contributed by atoms with E-state index in [0.717, 1.165) is 30.1 Å². The third-order valence-corrected chi connectivity index (χ3v) is 5.76. The molecule has 0 bridgehead atoms. The van der Waals surface area contributed by atoms with Crippen molar-refractivity contribution >= 4 is 23.2 Å². The number of fused-ring (bicyclic) bond motifs is 1. The monoisotopic (exact) mass is 385 g/mol. The second-order valence-electron chi connectivity index (χ2n) is 6.98. The van der Waals surface area contributed by atoms with Crippen LogP contribution in [-0.4, -0.2) is 4.57 Å². The minimum Gasteiger partial charge on any atom is -0.229 e. The van der Waals surface area contributed by atoms with E-state index in [1.165, 1.54) is 42.8 Å². The van der Waals surface area contributed by atoms with Gasteiger partial charge in [0.15, 0.2) is 5.69 Å². The number of hydrogen-bond donors (Lipinski definition) is 0. The molecule has 1 aliphatic heterocycles. The van der Waals surface area contributed by atoms with Crippen LogP contribution in [0.25, 0.3) is 11.3 Å². The highest BCUT2D eigenvalue weighted by Gasteiger charge is 2.25. The first kappa shape index (κ1) is 17.6. The molecule has 4 rings (SSSR count). The average molecular weight is 386 g/mol. The smallest absolute Gasteiger partial charge is 0.229 e.